The summed E-state index contributed by atoms with van der Waals surface area (Å²) in [5, 5.41) is 5.56. The van der Waals surface area contributed by atoms with Crippen LogP contribution < -0.4 is 10.6 Å². The van der Waals surface area contributed by atoms with Crippen LogP contribution in [0.4, 0.5) is 4.79 Å². The van der Waals surface area contributed by atoms with Crippen LogP contribution in [0.25, 0.3) is 0 Å². The van der Waals surface area contributed by atoms with Crippen molar-refractivity contribution in [2.24, 2.45) is 0 Å². The van der Waals surface area contributed by atoms with Crippen LogP contribution in [-0.4, -0.2) is 25.0 Å². The maximum Gasteiger partial charge on any atom is 0.314 e. The Balaban J connectivity index is 2.17. The number of hydrogen-bond donors (Lipinski definition) is 2. The fourth-order valence-electron chi connectivity index (χ4n) is 1.52. The lowest BCUT2D eigenvalue weighted by Crippen LogP contribution is -2.37. The topological polar surface area (TPSA) is 41.1 Å². The van der Waals surface area contributed by atoms with Gasteiger partial charge in [-0.05, 0) is 25.3 Å². The highest BCUT2D eigenvalue weighted by molar-refractivity contribution is 6.17. The molecular weight excluding hydrogens is 236 g/mol. The van der Waals surface area contributed by atoms with E-state index in [2.05, 4.69) is 35.8 Å². The third-order valence-electron chi connectivity index (χ3n) is 2.38. The Bertz CT molecular complexity index is 355. The second-order valence-corrected chi connectivity index (χ2v) is 4.34. The average Bonchev–Trinajstić information content (AvgIpc) is 2.29. The van der Waals surface area contributed by atoms with Crippen molar-refractivity contribution in [1.82, 2.24) is 10.6 Å². The lowest BCUT2D eigenvalue weighted by molar-refractivity contribution is 0.241. The fourth-order valence-corrected chi connectivity index (χ4v) is 1.65. The van der Waals surface area contributed by atoms with Crippen LogP contribution >= 0.6 is 11.6 Å². The molecule has 1 aromatic rings. The Hall–Kier alpha value is -1.22. The number of nitrogens with one attached hydrogen (secondary N) is 2. The summed E-state index contributed by atoms with van der Waals surface area (Å²) in [6.07, 6.45) is 1.65. The van der Waals surface area contributed by atoms with E-state index in [9.17, 15) is 4.79 Å². The molecule has 2 amide bonds. The first kappa shape index (κ1) is 13.8. The standard InChI is InChI=1S/C13H19ClN2O/c1-11-4-2-5-12(10-11)6-9-16-13(17)15-8-3-7-14/h2,4-5,10H,3,6-9H2,1H3,(H2,15,16,17). The molecule has 3 nitrogen and oxygen atoms in total. The average molecular weight is 255 g/mol. The Morgan fingerprint density at radius 3 is 2.76 bits per heavy atom. The molecule has 0 fully saturated rings. The van der Waals surface area contributed by atoms with Gasteiger partial charge in [0.25, 0.3) is 0 Å². The number of carbonyl (C=O) groups is 1. The van der Waals surface area contributed by atoms with E-state index in [1.165, 1.54) is 11.1 Å². The summed E-state index contributed by atoms with van der Waals surface area (Å²) in [4.78, 5) is 11.3. The van der Waals surface area contributed by atoms with Crippen molar-refractivity contribution in [2.75, 3.05) is 19.0 Å². The third kappa shape index (κ3) is 6.17. The summed E-state index contributed by atoms with van der Waals surface area (Å²) >= 11 is 5.51. The predicted octanol–water partition coefficient (Wildman–Crippen LogP) is 2.47. The number of benzene rings is 1. The van der Waals surface area contributed by atoms with Gasteiger partial charge in [0.1, 0.15) is 0 Å². The maximum absolute atomic E-state index is 11.3. The van der Waals surface area contributed by atoms with E-state index >= 15 is 0 Å². The molecule has 0 aliphatic heterocycles. The fraction of sp³-hybridized carbons (Fsp3) is 0.462. The van der Waals surface area contributed by atoms with Crippen molar-refractivity contribution in [3.63, 3.8) is 0 Å². The third-order valence-corrected chi connectivity index (χ3v) is 2.64. The number of urea groups is 1. The minimum absolute atomic E-state index is 0.122. The van der Waals surface area contributed by atoms with Crippen LogP contribution in [0, 0.1) is 6.92 Å². The Morgan fingerprint density at radius 2 is 2.06 bits per heavy atom. The summed E-state index contributed by atoms with van der Waals surface area (Å²) in [5.74, 6) is 0.573. The number of halogens is 1. The van der Waals surface area contributed by atoms with E-state index in [0.717, 1.165) is 12.8 Å². The normalized spacial score (nSPS) is 10.0. The minimum Gasteiger partial charge on any atom is -0.338 e. The van der Waals surface area contributed by atoms with Crippen molar-refractivity contribution >= 4 is 17.6 Å². The van der Waals surface area contributed by atoms with Gasteiger partial charge in [-0.2, -0.15) is 0 Å². The smallest absolute Gasteiger partial charge is 0.314 e. The largest absolute Gasteiger partial charge is 0.338 e. The molecule has 1 rings (SSSR count). The molecule has 0 heterocycles. The monoisotopic (exact) mass is 254 g/mol. The molecule has 0 aliphatic rings. The summed E-state index contributed by atoms with van der Waals surface area (Å²) in [6.45, 7) is 3.34. The second kappa shape index (κ2) is 7.96. The summed E-state index contributed by atoms with van der Waals surface area (Å²) in [5.41, 5.74) is 2.49. The molecule has 0 aliphatic carbocycles. The zero-order valence-corrected chi connectivity index (χ0v) is 10.9. The van der Waals surface area contributed by atoms with E-state index in [1.807, 2.05) is 6.07 Å². The van der Waals surface area contributed by atoms with Gasteiger partial charge in [-0.1, -0.05) is 29.8 Å². The molecule has 2 N–H and O–H groups in total. The van der Waals surface area contributed by atoms with Crippen LogP contribution in [-0.2, 0) is 6.42 Å². The molecule has 0 spiro atoms. The maximum atomic E-state index is 11.3. The molecule has 0 saturated heterocycles. The highest BCUT2D eigenvalue weighted by atomic mass is 35.5. The molecule has 0 radical (unpaired) electrons. The van der Waals surface area contributed by atoms with E-state index < -0.39 is 0 Å². The van der Waals surface area contributed by atoms with Crippen LogP contribution in [0.15, 0.2) is 24.3 Å². The lowest BCUT2D eigenvalue weighted by Gasteiger charge is -2.07. The van der Waals surface area contributed by atoms with Crippen LogP contribution in [0.2, 0.25) is 0 Å². The van der Waals surface area contributed by atoms with Gasteiger partial charge < -0.3 is 10.6 Å². The molecule has 17 heavy (non-hydrogen) atoms. The molecule has 94 valence electrons. The van der Waals surface area contributed by atoms with Crippen molar-refractivity contribution in [2.45, 2.75) is 19.8 Å². The van der Waals surface area contributed by atoms with Crippen molar-refractivity contribution in [3.8, 4) is 0 Å². The number of aryl methyl sites for hydroxylation is 1. The number of hydrogen-bond acceptors (Lipinski definition) is 1. The Kier molecular flexibility index (Phi) is 6.48. The Labute approximate surface area is 108 Å². The van der Waals surface area contributed by atoms with Crippen LogP contribution in [0.1, 0.15) is 17.5 Å². The number of alkyl halides is 1. The van der Waals surface area contributed by atoms with Crippen molar-refractivity contribution < 1.29 is 4.79 Å². The molecule has 0 saturated carbocycles. The molecule has 0 bridgehead atoms. The molecule has 0 unspecified atom stereocenters. The van der Waals surface area contributed by atoms with Gasteiger partial charge in [0.15, 0.2) is 0 Å². The van der Waals surface area contributed by atoms with E-state index in [1.54, 1.807) is 0 Å². The summed E-state index contributed by atoms with van der Waals surface area (Å²) < 4.78 is 0. The first-order chi connectivity index (χ1) is 8.22. The molecular formula is C13H19ClN2O. The molecule has 4 heteroatoms. The predicted molar refractivity (Wildman–Crippen MR) is 71.6 cm³/mol. The van der Waals surface area contributed by atoms with E-state index in [4.69, 9.17) is 11.6 Å². The molecule has 0 aromatic heterocycles. The quantitative estimate of drug-likeness (QED) is 0.594. The molecule has 0 atom stereocenters. The van der Waals surface area contributed by atoms with Crippen LogP contribution in [0.5, 0.6) is 0 Å². The summed E-state index contributed by atoms with van der Waals surface area (Å²) in [7, 11) is 0. The molecule has 1 aromatic carbocycles. The van der Waals surface area contributed by atoms with Gasteiger partial charge >= 0.3 is 6.03 Å². The number of rotatable bonds is 6. The van der Waals surface area contributed by atoms with Crippen molar-refractivity contribution in [3.05, 3.63) is 35.4 Å². The van der Waals surface area contributed by atoms with Crippen molar-refractivity contribution in [1.29, 1.82) is 0 Å². The van der Waals surface area contributed by atoms with Gasteiger partial charge in [-0.25, -0.2) is 4.79 Å². The van der Waals surface area contributed by atoms with Gasteiger partial charge in [0, 0.05) is 19.0 Å². The zero-order chi connectivity index (χ0) is 12.5. The Morgan fingerprint density at radius 1 is 1.29 bits per heavy atom. The highest BCUT2D eigenvalue weighted by Gasteiger charge is 1.99. The van der Waals surface area contributed by atoms with Gasteiger partial charge in [0.05, 0.1) is 0 Å². The highest BCUT2D eigenvalue weighted by Crippen LogP contribution is 2.03. The van der Waals surface area contributed by atoms with Crippen LogP contribution in [0.3, 0.4) is 0 Å². The lowest BCUT2D eigenvalue weighted by atomic mass is 10.1. The first-order valence-corrected chi connectivity index (χ1v) is 6.39. The SMILES string of the molecule is Cc1cccc(CCNC(=O)NCCCCl)c1. The zero-order valence-electron chi connectivity index (χ0n) is 10.1. The van der Waals surface area contributed by atoms with Gasteiger partial charge in [0.2, 0.25) is 0 Å². The number of amides is 2. The van der Waals surface area contributed by atoms with Gasteiger partial charge in [-0.3, -0.25) is 0 Å². The van der Waals surface area contributed by atoms with E-state index in [-0.39, 0.29) is 6.03 Å². The summed E-state index contributed by atoms with van der Waals surface area (Å²) in [6, 6.07) is 8.18. The first-order valence-electron chi connectivity index (χ1n) is 5.85. The van der Waals surface area contributed by atoms with Gasteiger partial charge in [-0.15, -0.1) is 11.6 Å². The minimum atomic E-state index is -0.122. The number of carbonyl (C=O) groups excluding carboxylic acids is 1. The second-order valence-electron chi connectivity index (χ2n) is 3.96. The van der Waals surface area contributed by atoms with E-state index in [0.29, 0.717) is 19.0 Å².